The zero-order valence-electron chi connectivity index (χ0n) is 21.7. The van der Waals surface area contributed by atoms with Crippen molar-refractivity contribution in [3.8, 4) is 0 Å². The van der Waals surface area contributed by atoms with Gasteiger partial charge >= 0.3 is 0 Å². The standard InChI is InChI=1S/C29H50O3/c1-7-29(31)16-15-28(5)20(18-29)17-21(25(32-6)11-10-24(30)19(2)3)26-22-9-8-13-27(22,4)14-12-23(26)28/h17,19,21-26,30-31H,7-16,18H2,1-6H3/t21?,22-,23-,24+,25+,26-,27-,28-,29-/m0/s1. The fourth-order valence-electron chi connectivity index (χ4n) is 8.57. The van der Waals surface area contributed by atoms with E-state index in [1.165, 1.54) is 37.7 Å². The number of aliphatic hydroxyl groups excluding tert-OH is 1. The summed E-state index contributed by atoms with van der Waals surface area (Å²) >= 11 is 0. The Labute approximate surface area is 197 Å². The molecule has 9 atom stereocenters. The molecule has 3 heteroatoms. The molecular weight excluding hydrogens is 396 g/mol. The molecule has 0 aliphatic heterocycles. The van der Waals surface area contributed by atoms with Crippen molar-refractivity contribution in [2.75, 3.05) is 7.11 Å². The van der Waals surface area contributed by atoms with Gasteiger partial charge in [0.25, 0.3) is 0 Å². The molecule has 0 aromatic rings. The van der Waals surface area contributed by atoms with Gasteiger partial charge < -0.3 is 14.9 Å². The van der Waals surface area contributed by atoms with Crippen LogP contribution in [0.4, 0.5) is 0 Å². The van der Waals surface area contributed by atoms with E-state index in [-0.39, 0.29) is 17.6 Å². The van der Waals surface area contributed by atoms with Crippen molar-refractivity contribution in [2.24, 2.45) is 40.4 Å². The number of hydrogen-bond donors (Lipinski definition) is 2. The number of hydrogen-bond acceptors (Lipinski definition) is 3. The van der Waals surface area contributed by atoms with Crippen LogP contribution in [0.15, 0.2) is 11.6 Å². The van der Waals surface area contributed by atoms with E-state index in [0.29, 0.717) is 29.1 Å². The van der Waals surface area contributed by atoms with Crippen LogP contribution >= 0.6 is 0 Å². The lowest BCUT2D eigenvalue weighted by Crippen LogP contribution is -2.55. The van der Waals surface area contributed by atoms with Crippen LogP contribution in [-0.4, -0.2) is 35.1 Å². The Hall–Kier alpha value is -0.380. The molecule has 3 fully saturated rings. The molecule has 184 valence electrons. The molecule has 3 saturated carbocycles. The molecule has 4 rings (SSSR count). The van der Waals surface area contributed by atoms with Crippen LogP contribution in [0.3, 0.4) is 0 Å². The normalized spacial score (nSPS) is 45.6. The highest BCUT2D eigenvalue weighted by Gasteiger charge is 2.60. The highest BCUT2D eigenvalue weighted by Crippen LogP contribution is 2.67. The van der Waals surface area contributed by atoms with Gasteiger partial charge in [0.1, 0.15) is 0 Å². The molecule has 0 heterocycles. The smallest absolute Gasteiger partial charge is 0.0682 e. The lowest BCUT2D eigenvalue weighted by atomic mass is 9.44. The van der Waals surface area contributed by atoms with Crippen LogP contribution < -0.4 is 0 Å². The molecule has 0 saturated heterocycles. The largest absolute Gasteiger partial charge is 0.393 e. The van der Waals surface area contributed by atoms with Crippen LogP contribution in [0, 0.1) is 40.4 Å². The second-order valence-corrected chi connectivity index (χ2v) is 13.0. The van der Waals surface area contributed by atoms with Crippen LogP contribution in [-0.2, 0) is 4.74 Å². The zero-order chi connectivity index (χ0) is 23.3. The van der Waals surface area contributed by atoms with Crippen molar-refractivity contribution >= 4 is 0 Å². The van der Waals surface area contributed by atoms with Crippen LogP contribution in [0.1, 0.15) is 105 Å². The van der Waals surface area contributed by atoms with Gasteiger partial charge in [-0.05, 0) is 98.7 Å². The maximum Gasteiger partial charge on any atom is 0.0682 e. The molecular formula is C29H50O3. The third-order valence-electron chi connectivity index (χ3n) is 11.0. The minimum absolute atomic E-state index is 0.160. The molecule has 4 aliphatic carbocycles. The highest BCUT2D eigenvalue weighted by molar-refractivity contribution is 5.29. The van der Waals surface area contributed by atoms with Crippen molar-refractivity contribution in [2.45, 2.75) is 123 Å². The third-order valence-corrected chi connectivity index (χ3v) is 11.0. The summed E-state index contributed by atoms with van der Waals surface area (Å²) in [6, 6.07) is 0. The number of fused-ring (bicyclic) bond motifs is 5. The first-order valence-corrected chi connectivity index (χ1v) is 13.7. The lowest BCUT2D eigenvalue weighted by Gasteiger charge is -2.61. The summed E-state index contributed by atoms with van der Waals surface area (Å²) in [7, 11) is 1.88. The minimum Gasteiger partial charge on any atom is -0.393 e. The Kier molecular flexibility index (Phi) is 6.96. The summed E-state index contributed by atoms with van der Waals surface area (Å²) in [5, 5.41) is 21.8. The van der Waals surface area contributed by atoms with Crippen LogP contribution in [0.25, 0.3) is 0 Å². The first kappa shape index (κ1) is 24.7. The average Bonchev–Trinajstić information content (AvgIpc) is 3.16. The predicted molar refractivity (Wildman–Crippen MR) is 131 cm³/mol. The molecule has 32 heavy (non-hydrogen) atoms. The molecule has 4 aliphatic rings. The average molecular weight is 447 g/mol. The Morgan fingerprint density at radius 2 is 1.81 bits per heavy atom. The van der Waals surface area contributed by atoms with Gasteiger partial charge in [-0.15, -0.1) is 0 Å². The van der Waals surface area contributed by atoms with Crippen molar-refractivity contribution in [1.29, 1.82) is 0 Å². The Bertz CT molecular complexity index is 701. The highest BCUT2D eigenvalue weighted by atomic mass is 16.5. The number of rotatable bonds is 7. The second kappa shape index (κ2) is 9.00. The molecule has 2 N–H and O–H groups in total. The first-order chi connectivity index (χ1) is 15.1. The van der Waals surface area contributed by atoms with E-state index in [1.807, 2.05) is 7.11 Å². The summed E-state index contributed by atoms with van der Waals surface area (Å²) in [5.74, 6) is 2.88. The van der Waals surface area contributed by atoms with E-state index in [1.54, 1.807) is 0 Å². The second-order valence-electron chi connectivity index (χ2n) is 13.0. The Balaban J connectivity index is 1.71. The van der Waals surface area contributed by atoms with E-state index >= 15 is 0 Å². The first-order valence-electron chi connectivity index (χ1n) is 13.7. The summed E-state index contributed by atoms with van der Waals surface area (Å²) < 4.78 is 6.22. The number of ether oxygens (including phenoxy) is 1. The maximum atomic E-state index is 11.2. The summed E-state index contributed by atoms with van der Waals surface area (Å²) in [6.07, 6.45) is 14.8. The molecule has 0 aromatic heterocycles. The van der Waals surface area contributed by atoms with Crippen molar-refractivity contribution in [1.82, 2.24) is 0 Å². The Morgan fingerprint density at radius 1 is 1.06 bits per heavy atom. The minimum atomic E-state index is -0.532. The van der Waals surface area contributed by atoms with E-state index in [0.717, 1.165) is 44.4 Å². The van der Waals surface area contributed by atoms with Gasteiger partial charge in [-0.25, -0.2) is 0 Å². The zero-order valence-corrected chi connectivity index (χ0v) is 21.7. The van der Waals surface area contributed by atoms with Crippen molar-refractivity contribution in [3.05, 3.63) is 11.6 Å². The van der Waals surface area contributed by atoms with Gasteiger partial charge in [0, 0.05) is 13.0 Å². The van der Waals surface area contributed by atoms with Gasteiger partial charge in [0.15, 0.2) is 0 Å². The van der Waals surface area contributed by atoms with Crippen LogP contribution in [0.2, 0.25) is 0 Å². The molecule has 0 spiro atoms. The molecule has 1 unspecified atom stereocenters. The fraction of sp³-hybridized carbons (Fsp3) is 0.931. The van der Waals surface area contributed by atoms with Crippen molar-refractivity contribution < 1.29 is 14.9 Å². The van der Waals surface area contributed by atoms with E-state index < -0.39 is 5.60 Å². The van der Waals surface area contributed by atoms with Gasteiger partial charge in [0.05, 0.1) is 17.8 Å². The predicted octanol–water partition coefficient (Wildman–Crippen LogP) is 6.52. The van der Waals surface area contributed by atoms with Gasteiger partial charge in [0.2, 0.25) is 0 Å². The van der Waals surface area contributed by atoms with E-state index in [9.17, 15) is 10.2 Å². The van der Waals surface area contributed by atoms with E-state index in [2.05, 4.69) is 40.7 Å². The maximum absolute atomic E-state index is 11.2. The molecule has 0 amide bonds. The summed E-state index contributed by atoms with van der Waals surface area (Å²) in [4.78, 5) is 0. The molecule has 0 bridgehead atoms. The van der Waals surface area contributed by atoms with E-state index in [4.69, 9.17) is 4.74 Å². The molecule has 0 radical (unpaired) electrons. The van der Waals surface area contributed by atoms with Crippen LogP contribution in [0.5, 0.6) is 0 Å². The Morgan fingerprint density at radius 3 is 2.47 bits per heavy atom. The summed E-state index contributed by atoms with van der Waals surface area (Å²) in [5.41, 5.74) is 1.72. The third kappa shape index (κ3) is 4.13. The number of aliphatic hydroxyl groups is 2. The molecule has 0 aromatic carbocycles. The van der Waals surface area contributed by atoms with Gasteiger partial charge in [-0.1, -0.05) is 52.7 Å². The molecule has 3 nitrogen and oxygen atoms in total. The van der Waals surface area contributed by atoms with Gasteiger partial charge in [-0.3, -0.25) is 0 Å². The quantitative estimate of drug-likeness (QED) is 0.438. The van der Waals surface area contributed by atoms with Crippen molar-refractivity contribution in [3.63, 3.8) is 0 Å². The SMILES string of the molecule is CC[C@]1(O)CC[C@@]2(C)C(=CC([C@@H](CC[C@@H](O)C(C)C)OC)[C@H]3[C@@H]4CCC[C@@]4(C)CC[C@@H]32)C1. The fourth-order valence-corrected chi connectivity index (χ4v) is 8.57. The topological polar surface area (TPSA) is 49.7 Å². The van der Waals surface area contributed by atoms with Gasteiger partial charge in [-0.2, -0.15) is 0 Å². The number of methoxy groups -OCH3 is 1. The monoisotopic (exact) mass is 446 g/mol. The lowest BCUT2D eigenvalue weighted by molar-refractivity contribution is -0.102. The summed E-state index contributed by atoms with van der Waals surface area (Å²) in [6.45, 7) is 11.5.